The fourth-order valence-electron chi connectivity index (χ4n) is 3.91. The van der Waals surface area contributed by atoms with Crippen LogP contribution in [0.25, 0.3) is 22.3 Å². The van der Waals surface area contributed by atoms with Gasteiger partial charge in [0.05, 0.1) is 32.2 Å². The largest absolute Gasteiger partial charge is 0.495 e. The van der Waals surface area contributed by atoms with Gasteiger partial charge in [-0.05, 0) is 30.3 Å². The van der Waals surface area contributed by atoms with Crippen LogP contribution >= 0.6 is 0 Å². The van der Waals surface area contributed by atoms with Crippen LogP contribution in [0.5, 0.6) is 5.75 Å². The van der Waals surface area contributed by atoms with Crippen LogP contribution in [0, 0.1) is 5.82 Å². The molecule has 10 heteroatoms. The van der Waals surface area contributed by atoms with E-state index < -0.39 is 5.82 Å². The molecule has 1 aliphatic rings. The quantitative estimate of drug-likeness (QED) is 0.486. The minimum absolute atomic E-state index is 0.0859. The Morgan fingerprint density at radius 3 is 2.76 bits per heavy atom. The molecule has 1 amide bonds. The number of nitrogens with one attached hydrogen (secondary N) is 1. The van der Waals surface area contributed by atoms with Crippen LogP contribution in [-0.2, 0) is 11.8 Å². The number of morpholine rings is 1. The normalized spacial score (nSPS) is 13.8. The molecule has 4 aromatic rings. The van der Waals surface area contributed by atoms with E-state index in [0.717, 1.165) is 17.2 Å². The lowest BCUT2D eigenvalue weighted by molar-refractivity contribution is 0.0302. The summed E-state index contributed by atoms with van der Waals surface area (Å²) in [6.07, 6.45) is 4.59. The van der Waals surface area contributed by atoms with Crippen molar-refractivity contribution < 1.29 is 18.7 Å². The Balaban J connectivity index is 1.42. The van der Waals surface area contributed by atoms with Gasteiger partial charge in [0.15, 0.2) is 5.82 Å². The Hall–Kier alpha value is -4.05. The summed E-state index contributed by atoms with van der Waals surface area (Å²) >= 11 is 0. The number of hydrogen-bond donors (Lipinski definition) is 1. The van der Waals surface area contributed by atoms with Crippen molar-refractivity contribution in [3.05, 3.63) is 60.3 Å². The van der Waals surface area contributed by atoms with Gasteiger partial charge in [-0.3, -0.25) is 4.79 Å². The van der Waals surface area contributed by atoms with Crippen molar-refractivity contribution in [1.82, 2.24) is 24.4 Å². The maximum Gasteiger partial charge on any atom is 0.254 e. The number of methoxy groups -OCH3 is 1. The van der Waals surface area contributed by atoms with Crippen molar-refractivity contribution in [2.24, 2.45) is 7.05 Å². The van der Waals surface area contributed by atoms with Crippen LogP contribution < -0.4 is 10.1 Å². The molecule has 1 saturated heterocycles. The number of nitrogens with zero attached hydrogens (tertiary/aromatic N) is 5. The number of anilines is 2. The number of carbonyl (C=O) groups is 1. The molecule has 5 rings (SSSR count). The Labute approximate surface area is 195 Å². The molecule has 0 unspecified atom stereocenters. The van der Waals surface area contributed by atoms with Gasteiger partial charge in [-0.15, -0.1) is 0 Å². The molecule has 3 aromatic heterocycles. The molecular weight excluding hydrogens is 439 g/mol. The van der Waals surface area contributed by atoms with Crippen LogP contribution in [0.3, 0.4) is 0 Å². The first kappa shape index (κ1) is 21.8. The highest BCUT2D eigenvalue weighted by atomic mass is 19.1. The topological polar surface area (TPSA) is 94.4 Å². The maximum atomic E-state index is 14.6. The Morgan fingerprint density at radius 1 is 1.15 bits per heavy atom. The molecule has 0 atom stereocenters. The number of hydrogen-bond acceptors (Lipinski definition) is 7. The number of ether oxygens (including phenoxy) is 2. The third kappa shape index (κ3) is 4.15. The zero-order valence-electron chi connectivity index (χ0n) is 18.8. The molecule has 0 aliphatic carbocycles. The second-order valence-corrected chi connectivity index (χ2v) is 7.90. The lowest BCUT2D eigenvalue weighted by Gasteiger charge is -2.27. The van der Waals surface area contributed by atoms with Crippen molar-refractivity contribution in [3.8, 4) is 17.0 Å². The lowest BCUT2D eigenvalue weighted by atomic mass is 10.1. The highest BCUT2D eigenvalue weighted by molar-refractivity contribution is 5.95. The molecular formula is C24H23FN6O3. The van der Waals surface area contributed by atoms with Crippen molar-refractivity contribution in [2.75, 3.05) is 38.7 Å². The first-order chi connectivity index (χ1) is 16.5. The average Bonchev–Trinajstić information content (AvgIpc) is 3.25. The molecule has 0 spiro atoms. The highest BCUT2D eigenvalue weighted by Crippen LogP contribution is 2.30. The van der Waals surface area contributed by atoms with Crippen LogP contribution in [0.2, 0.25) is 0 Å². The number of amides is 1. The van der Waals surface area contributed by atoms with E-state index >= 15 is 0 Å². The molecule has 4 heterocycles. The van der Waals surface area contributed by atoms with Crippen LogP contribution in [0.1, 0.15) is 10.4 Å². The second-order valence-electron chi connectivity index (χ2n) is 7.90. The van der Waals surface area contributed by atoms with Crippen molar-refractivity contribution in [1.29, 1.82) is 0 Å². The number of fused-ring (bicyclic) bond motifs is 1. The van der Waals surface area contributed by atoms with Crippen LogP contribution in [0.15, 0.2) is 48.9 Å². The summed E-state index contributed by atoms with van der Waals surface area (Å²) in [7, 11) is 3.41. The van der Waals surface area contributed by atoms with Crippen LogP contribution in [0.4, 0.5) is 16.0 Å². The van der Waals surface area contributed by atoms with E-state index in [1.807, 2.05) is 29.9 Å². The molecule has 0 saturated carbocycles. The minimum atomic E-state index is -0.555. The third-order valence-electron chi connectivity index (χ3n) is 5.72. The molecule has 1 aromatic carbocycles. The molecule has 174 valence electrons. The summed E-state index contributed by atoms with van der Waals surface area (Å²) in [6.45, 7) is 2.16. The van der Waals surface area contributed by atoms with Gasteiger partial charge in [-0.25, -0.2) is 19.3 Å². The molecule has 1 aliphatic heterocycles. The predicted octanol–water partition coefficient (Wildman–Crippen LogP) is 3.39. The zero-order chi connectivity index (χ0) is 23.7. The van der Waals surface area contributed by atoms with Gasteiger partial charge >= 0.3 is 0 Å². The minimum Gasteiger partial charge on any atom is -0.495 e. The van der Waals surface area contributed by atoms with Gasteiger partial charge in [0.25, 0.3) is 5.91 Å². The Morgan fingerprint density at radius 2 is 1.97 bits per heavy atom. The molecule has 9 nitrogen and oxygen atoms in total. The van der Waals surface area contributed by atoms with Gasteiger partial charge in [-0.1, -0.05) is 0 Å². The SMILES string of the molecule is COc1cc(C(=O)N2CCOCC2)ccc1Nc1ncc(F)c(-c2cnc3c(ccn3C)c2)n1. The van der Waals surface area contributed by atoms with E-state index in [1.54, 1.807) is 29.3 Å². The smallest absolute Gasteiger partial charge is 0.254 e. The first-order valence-corrected chi connectivity index (χ1v) is 10.8. The maximum absolute atomic E-state index is 14.6. The lowest BCUT2D eigenvalue weighted by Crippen LogP contribution is -2.40. The summed E-state index contributed by atoms with van der Waals surface area (Å²) in [4.78, 5) is 27.4. The zero-order valence-corrected chi connectivity index (χ0v) is 18.8. The highest BCUT2D eigenvalue weighted by Gasteiger charge is 2.20. The predicted molar refractivity (Wildman–Crippen MR) is 125 cm³/mol. The second kappa shape index (κ2) is 9.06. The van der Waals surface area contributed by atoms with E-state index in [-0.39, 0.29) is 17.5 Å². The van der Waals surface area contributed by atoms with Crippen molar-refractivity contribution in [3.63, 3.8) is 0 Å². The number of aromatic nitrogens is 4. The fraction of sp³-hybridized carbons (Fsp3) is 0.250. The summed E-state index contributed by atoms with van der Waals surface area (Å²) in [5, 5.41) is 3.95. The van der Waals surface area contributed by atoms with Gasteiger partial charge < -0.3 is 24.3 Å². The number of carbonyl (C=O) groups excluding carboxylic acids is 1. The van der Waals surface area contributed by atoms with Crippen LogP contribution in [-0.4, -0.2) is 63.7 Å². The molecule has 1 N–H and O–H groups in total. The van der Waals surface area contributed by atoms with Gasteiger partial charge in [0.2, 0.25) is 5.95 Å². The van der Waals surface area contributed by atoms with Gasteiger partial charge in [-0.2, -0.15) is 0 Å². The van der Waals surface area contributed by atoms with E-state index in [4.69, 9.17) is 9.47 Å². The molecule has 0 radical (unpaired) electrons. The number of rotatable bonds is 5. The molecule has 0 bridgehead atoms. The average molecular weight is 462 g/mol. The number of halogens is 1. The first-order valence-electron chi connectivity index (χ1n) is 10.8. The van der Waals surface area contributed by atoms with E-state index in [2.05, 4.69) is 20.3 Å². The number of pyridine rings is 1. The molecule has 1 fully saturated rings. The van der Waals surface area contributed by atoms with Gasteiger partial charge in [0, 0.05) is 49.0 Å². The molecule has 34 heavy (non-hydrogen) atoms. The van der Waals surface area contributed by atoms with Crippen molar-refractivity contribution >= 4 is 28.6 Å². The standard InChI is InChI=1S/C24H23FN6O3/c1-30-6-5-15-11-17(13-26-22(15)30)21-18(25)14-27-24(29-21)28-19-4-3-16(12-20(19)33-2)23(32)31-7-9-34-10-8-31/h3-6,11-14H,7-10H2,1-2H3,(H,27,28,29). The number of aryl methyl sites for hydroxylation is 1. The third-order valence-corrected chi connectivity index (χ3v) is 5.72. The Bertz CT molecular complexity index is 1370. The van der Waals surface area contributed by atoms with Crippen molar-refractivity contribution in [2.45, 2.75) is 0 Å². The monoisotopic (exact) mass is 462 g/mol. The summed E-state index contributed by atoms with van der Waals surface area (Å²) < 4.78 is 27.3. The number of benzene rings is 1. The summed E-state index contributed by atoms with van der Waals surface area (Å²) in [6, 6.07) is 8.84. The summed E-state index contributed by atoms with van der Waals surface area (Å²) in [5.41, 5.74) is 2.53. The van der Waals surface area contributed by atoms with Gasteiger partial charge in [0.1, 0.15) is 17.1 Å². The van der Waals surface area contributed by atoms with E-state index in [0.29, 0.717) is 48.9 Å². The fourth-order valence-corrected chi connectivity index (χ4v) is 3.91. The van der Waals surface area contributed by atoms with E-state index in [1.165, 1.54) is 7.11 Å². The Kier molecular flexibility index (Phi) is 5.81. The van der Waals surface area contributed by atoms with E-state index in [9.17, 15) is 9.18 Å². The summed E-state index contributed by atoms with van der Waals surface area (Å²) in [5.74, 6) is -0.00519.